The zero-order chi connectivity index (χ0) is 21.7. The van der Waals surface area contributed by atoms with Crippen molar-refractivity contribution in [2.45, 2.75) is 26.4 Å². The van der Waals surface area contributed by atoms with E-state index in [-0.39, 0.29) is 0 Å². The van der Waals surface area contributed by atoms with Crippen LogP contribution in [-0.2, 0) is 9.47 Å². The lowest BCUT2D eigenvalue weighted by molar-refractivity contribution is 0.0742. The van der Waals surface area contributed by atoms with E-state index in [2.05, 4.69) is 58.7 Å². The number of nitrogens with zero attached hydrogens (tertiary/aromatic N) is 1. The molecule has 4 nitrogen and oxygen atoms in total. The van der Waals surface area contributed by atoms with Crippen molar-refractivity contribution >= 4 is 11.3 Å². The minimum atomic E-state index is -0.407. The van der Waals surface area contributed by atoms with E-state index in [1.807, 2.05) is 32.1 Å². The first kappa shape index (κ1) is 24.2. The number of likely N-dealkylation sites (N-methyl/N-ethyl adjacent to an activating group) is 1. The summed E-state index contributed by atoms with van der Waals surface area (Å²) in [4.78, 5) is 2.31. The maximum absolute atomic E-state index is 5.83. The van der Waals surface area contributed by atoms with Crippen LogP contribution < -0.4 is 4.74 Å². The molecule has 0 aliphatic heterocycles. The summed E-state index contributed by atoms with van der Waals surface area (Å²) in [5, 5.41) is 4.23. The summed E-state index contributed by atoms with van der Waals surface area (Å²) in [6.07, 6.45) is 3.97. The van der Waals surface area contributed by atoms with E-state index in [1.165, 1.54) is 11.1 Å². The van der Waals surface area contributed by atoms with Crippen molar-refractivity contribution < 1.29 is 14.2 Å². The predicted molar refractivity (Wildman–Crippen MR) is 126 cm³/mol. The number of allylic oxidation sites excluding steroid dienone is 1. The molecule has 0 unspecified atom stereocenters. The van der Waals surface area contributed by atoms with E-state index in [9.17, 15) is 0 Å². The van der Waals surface area contributed by atoms with Crippen molar-refractivity contribution in [3.05, 3.63) is 53.2 Å². The number of methoxy groups -OCH3 is 1. The van der Waals surface area contributed by atoms with Gasteiger partial charge in [0.1, 0.15) is 18.0 Å². The van der Waals surface area contributed by atoms with Crippen LogP contribution >= 0.6 is 11.3 Å². The molecule has 30 heavy (non-hydrogen) atoms. The lowest BCUT2D eigenvalue weighted by atomic mass is 10.1. The van der Waals surface area contributed by atoms with Crippen molar-refractivity contribution in [3.63, 3.8) is 0 Å². The molecule has 0 fully saturated rings. The van der Waals surface area contributed by atoms with Gasteiger partial charge >= 0.3 is 0 Å². The highest BCUT2D eigenvalue weighted by atomic mass is 32.1. The molecule has 0 aliphatic rings. The van der Waals surface area contributed by atoms with E-state index >= 15 is 0 Å². The van der Waals surface area contributed by atoms with E-state index in [4.69, 9.17) is 14.2 Å². The standard InChI is InChI=1S/C25H33NO3S/c1-5-26(14-8-6-7-13-25(2,3)27-4)15-16-28-17-18-29-24-11-9-10-22(20-24)23-12-19-30-21-23/h6,8-12,19-21H,5,14-18H2,1-4H3. The van der Waals surface area contributed by atoms with Gasteiger partial charge in [-0.25, -0.2) is 0 Å². The summed E-state index contributed by atoms with van der Waals surface area (Å²) in [6.45, 7) is 10.6. The zero-order valence-electron chi connectivity index (χ0n) is 18.5. The van der Waals surface area contributed by atoms with Crippen LogP contribution in [0.25, 0.3) is 11.1 Å². The molecule has 0 atom stereocenters. The number of hydrogen-bond acceptors (Lipinski definition) is 5. The van der Waals surface area contributed by atoms with Crippen LogP contribution in [0, 0.1) is 11.8 Å². The summed E-state index contributed by atoms with van der Waals surface area (Å²) in [5.74, 6) is 6.99. The van der Waals surface area contributed by atoms with Crippen LogP contribution in [-0.4, -0.2) is 57.1 Å². The average molecular weight is 428 g/mol. The van der Waals surface area contributed by atoms with Gasteiger partial charge in [0.2, 0.25) is 0 Å². The van der Waals surface area contributed by atoms with Gasteiger partial charge in [-0.2, -0.15) is 11.3 Å². The number of benzene rings is 1. The fourth-order valence-electron chi connectivity index (χ4n) is 2.61. The second kappa shape index (κ2) is 13.3. The van der Waals surface area contributed by atoms with Crippen LogP contribution in [0.5, 0.6) is 5.75 Å². The van der Waals surface area contributed by atoms with Crippen molar-refractivity contribution in [1.29, 1.82) is 0 Å². The topological polar surface area (TPSA) is 30.9 Å². The molecule has 0 saturated carbocycles. The molecule has 1 aromatic heterocycles. The molecule has 0 aliphatic carbocycles. The van der Waals surface area contributed by atoms with Crippen LogP contribution in [0.4, 0.5) is 0 Å². The molecule has 5 heteroatoms. The predicted octanol–water partition coefficient (Wildman–Crippen LogP) is 5.12. The first-order chi connectivity index (χ1) is 14.5. The average Bonchev–Trinajstić information content (AvgIpc) is 3.29. The molecule has 0 amide bonds. The monoisotopic (exact) mass is 427 g/mol. The summed E-state index contributed by atoms with van der Waals surface area (Å²) < 4.78 is 16.9. The Bertz CT molecular complexity index is 818. The summed E-state index contributed by atoms with van der Waals surface area (Å²) in [7, 11) is 1.67. The lowest BCUT2D eigenvalue weighted by Gasteiger charge is -2.18. The van der Waals surface area contributed by atoms with Crippen molar-refractivity contribution in [2.75, 3.05) is 46.6 Å². The Morgan fingerprint density at radius 3 is 2.73 bits per heavy atom. The Hall–Kier alpha value is -2.10. The molecule has 1 heterocycles. The van der Waals surface area contributed by atoms with Crippen LogP contribution in [0.3, 0.4) is 0 Å². The van der Waals surface area contributed by atoms with Crippen molar-refractivity contribution in [2.24, 2.45) is 0 Å². The highest BCUT2D eigenvalue weighted by Crippen LogP contribution is 2.25. The second-order valence-corrected chi connectivity index (χ2v) is 8.06. The van der Waals surface area contributed by atoms with Crippen LogP contribution in [0.2, 0.25) is 0 Å². The highest BCUT2D eigenvalue weighted by Gasteiger charge is 2.10. The fraction of sp³-hybridized carbons (Fsp3) is 0.440. The maximum atomic E-state index is 5.83. The van der Waals surface area contributed by atoms with Gasteiger partial charge in [0.05, 0.1) is 13.2 Å². The molecule has 0 saturated heterocycles. The Morgan fingerprint density at radius 1 is 1.13 bits per heavy atom. The number of thiophene rings is 1. The zero-order valence-corrected chi connectivity index (χ0v) is 19.3. The van der Waals surface area contributed by atoms with Crippen molar-refractivity contribution in [3.8, 4) is 28.7 Å². The molecule has 0 spiro atoms. The highest BCUT2D eigenvalue weighted by molar-refractivity contribution is 7.08. The Morgan fingerprint density at radius 2 is 2.00 bits per heavy atom. The smallest absolute Gasteiger partial charge is 0.123 e. The molecular formula is C25H33NO3S. The van der Waals surface area contributed by atoms with Gasteiger partial charge in [0.25, 0.3) is 0 Å². The van der Waals surface area contributed by atoms with Gasteiger partial charge in [-0.3, -0.25) is 4.90 Å². The minimum absolute atomic E-state index is 0.407. The van der Waals surface area contributed by atoms with Gasteiger partial charge in [0, 0.05) is 20.2 Å². The molecular weight excluding hydrogens is 394 g/mol. The van der Waals surface area contributed by atoms with Gasteiger partial charge in [-0.1, -0.05) is 37.0 Å². The Labute approximate surface area is 185 Å². The summed E-state index contributed by atoms with van der Waals surface area (Å²) >= 11 is 1.70. The molecule has 0 radical (unpaired) electrons. The lowest BCUT2D eigenvalue weighted by Crippen LogP contribution is -2.28. The van der Waals surface area contributed by atoms with Crippen LogP contribution in [0.15, 0.2) is 53.2 Å². The molecule has 0 bridgehead atoms. The van der Waals surface area contributed by atoms with Crippen LogP contribution in [0.1, 0.15) is 20.8 Å². The minimum Gasteiger partial charge on any atom is -0.491 e. The van der Waals surface area contributed by atoms with Gasteiger partial charge < -0.3 is 14.2 Å². The van der Waals surface area contributed by atoms with Crippen molar-refractivity contribution in [1.82, 2.24) is 4.90 Å². The largest absolute Gasteiger partial charge is 0.491 e. The molecule has 162 valence electrons. The third kappa shape index (κ3) is 9.15. The first-order valence-corrected chi connectivity index (χ1v) is 11.3. The molecule has 0 N–H and O–H groups in total. The third-order valence-corrected chi connectivity index (χ3v) is 5.32. The summed E-state index contributed by atoms with van der Waals surface area (Å²) in [6, 6.07) is 10.3. The molecule has 2 aromatic rings. The van der Waals surface area contributed by atoms with Gasteiger partial charge in [0.15, 0.2) is 0 Å². The van der Waals surface area contributed by atoms with Gasteiger partial charge in [-0.15, -0.1) is 0 Å². The maximum Gasteiger partial charge on any atom is 0.123 e. The number of rotatable bonds is 12. The van der Waals surface area contributed by atoms with E-state index in [0.717, 1.165) is 25.4 Å². The SMILES string of the molecule is CCN(CC=CC#CC(C)(C)OC)CCOCCOc1cccc(-c2ccsc2)c1. The Kier molecular flexibility index (Phi) is 10.7. The first-order valence-electron chi connectivity index (χ1n) is 10.3. The summed E-state index contributed by atoms with van der Waals surface area (Å²) in [5.41, 5.74) is 2.00. The number of ether oxygens (including phenoxy) is 3. The molecule has 2 rings (SSSR count). The normalized spacial score (nSPS) is 11.6. The fourth-order valence-corrected chi connectivity index (χ4v) is 3.28. The third-order valence-electron chi connectivity index (χ3n) is 4.63. The van der Waals surface area contributed by atoms with E-state index in [0.29, 0.717) is 19.8 Å². The quantitative estimate of drug-likeness (QED) is 0.348. The van der Waals surface area contributed by atoms with E-state index < -0.39 is 5.60 Å². The second-order valence-electron chi connectivity index (χ2n) is 7.28. The molecule has 1 aromatic carbocycles. The Balaban J connectivity index is 1.62. The van der Waals surface area contributed by atoms with Gasteiger partial charge in [-0.05, 0) is 66.6 Å². The van der Waals surface area contributed by atoms with E-state index in [1.54, 1.807) is 18.4 Å². The number of hydrogen-bond donors (Lipinski definition) is 0.